The highest BCUT2D eigenvalue weighted by molar-refractivity contribution is 5.35. The topological polar surface area (TPSA) is 61.7 Å². The molecule has 2 saturated heterocycles. The Labute approximate surface area is 122 Å². The molecule has 0 atom stereocenters. The molecule has 2 heterocycles. The van der Waals surface area contributed by atoms with Crippen LogP contribution in [0.2, 0.25) is 0 Å². The van der Waals surface area contributed by atoms with Gasteiger partial charge in [-0.1, -0.05) is 0 Å². The fourth-order valence-corrected chi connectivity index (χ4v) is 2.91. The predicted molar refractivity (Wildman–Crippen MR) is 76.6 cm³/mol. The van der Waals surface area contributed by atoms with Gasteiger partial charge in [-0.05, 0) is 11.6 Å². The van der Waals surface area contributed by atoms with Gasteiger partial charge in [0.2, 0.25) is 0 Å². The molecule has 0 aromatic heterocycles. The van der Waals surface area contributed by atoms with Gasteiger partial charge in [0.15, 0.2) is 0 Å². The molecule has 0 bridgehead atoms. The van der Waals surface area contributed by atoms with Crippen molar-refractivity contribution in [3.05, 3.63) is 39.7 Å². The summed E-state index contributed by atoms with van der Waals surface area (Å²) in [5.74, 6) is -0.543. The maximum Gasteiger partial charge on any atom is 0.272 e. The van der Waals surface area contributed by atoms with Crippen molar-refractivity contribution >= 4 is 5.69 Å². The Balaban J connectivity index is 1.58. The Morgan fingerprint density at radius 2 is 1.95 bits per heavy atom. The monoisotopic (exact) mass is 294 g/mol. The standard InChI is InChI=1S/C14H19FN4O2/c15-12-5-11(6-13(7-12)19(20)21)10-17-1-3-18(4-2-17)14-8-16-9-14/h5-7,14,16H,1-4,8-10H2. The van der Waals surface area contributed by atoms with Crippen LogP contribution in [0.4, 0.5) is 10.1 Å². The number of rotatable bonds is 4. The molecule has 1 N–H and O–H groups in total. The quantitative estimate of drug-likeness (QED) is 0.658. The molecule has 21 heavy (non-hydrogen) atoms. The van der Waals surface area contributed by atoms with Crippen LogP contribution in [0, 0.1) is 15.9 Å². The lowest BCUT2D eigenvalue weighted by molar-refractivity contribution is -0.385. The molecule has 0 radical (unpaired) electrons. The van der Waals surface area contributed by atoms with E-state index in [2.05, 4.69) is 15.1 Å². The average molecular weight is 294 g/mol. The Kier molecular flexibility index (Phi) is 4.14. The van der Waals surface area contributed by atoms with Crippen molar-refractivity contribution in [1.29, 1.82) is 0 Å². The van der Waals surface area contributed by atoms with E-state index in [1.54, 1.807) is 0 Å². The van der Waals surface area contributed by atoms with Gasteiger partial charge in [0.1, 0.15) is 5.82 Å². The van der Waals surface area contributed by atoms with Crippen LogP contribution >= 0.6 is 0 Å². The molecule has 0 amide bonds. The molecular formula is C14H19FN4O2. The van der Waals surface area contributed by atoms with Gasteiger partial charge in [0.05, 0.1) is 11.0 Å². The summed E-state index contributed by atoms with van der Waals surface area (Å²) in [6.45, 7) is 6.54. The third-order valence-corrected chi connectivity index (χ3v) is 4.24. The molecule has 6 nitrogen and oxygen atoms in total. The average Bonchev–Trinajstić information content (AvgIpc) is 2.38. The highest BCUT2D eigenvalue weighted by Gasteiger charge is 2.27. The molecule has 1 aromatic carbocycles. The number of piperazine rings is 1. The number of nitro groups is 1. The van der Waals surface area contributed by atoms with Gasteiger partial charge >= 0.3 is 0 Å². The van der Waals surface area contributed by atoms with Gasteiger partial charge in [-0.3, -0.25) is 19.9 Å². The van der Waals surface area contributed by atoms with Crippen molar-refractivity contribution in [2.75, 3.05) is 39.3 Å². The zero-order valence-corrected chi connectivity index (χ0v) is 11.8. The van der Waals surface area contributed by atoms with Crippen molar-refractivity contribution < 1.29 is 9.31 Å². The van der Waals surface area contributed by atoms with Gasteiger partial charge in [-0.25, -0.2) is 4.39 Å². The Bertz CT molecular complexity index is 528. The summed E-state index contributed by atoms with van der Waals surface area (Å²) in [7, 11) is 0. The number of nitro benzene ring substituents is 1. The van der Waals surface area contributed by atoms with E-state index in [9.17, 15) is 14.5 Å². The lowest BCUT2D eigenvalue weighted by Crippen LogP contribution is -2.61. The highest BCUT2D eigenvalue weighted by atomic mass is 19.1. The number of halogens is 1. The first-order valence-corrected chi connectivity index (χ1v) is 7.23. The largest absolute Gasteiger partial charge is 0.314 e. The van der Waals surface area contributed by atoms with E-state index in [-0.39, 0.29) is 5.69 Å². The number of nitrogens with zero attached hydrogens (tertiary/aromatic N) is 3. The minimum Gasteiger partial charge on any atom is -0.314 e. The summed E-state index contributed by atoms with van der Waals surface area (Å²) in [6.07, 6.45) is 0. The highest BCUT2D eigenvalue weighted by Crippen LogP contribution is 2.19. The predicted octanol–water partition coefficient (Wildman–Crippen LogP) is 0.823. The van der Waals surface area contributed by atoms with Crippen LogP contribution in [-0.4, -0.2) is 60.0 Å². The fourth-order valence-electron chi connectivity index (χ4n) is 2.91. The van der Waals surface area contributed by atoms with E-state index < -0.39 is 10.7 Å². The number of hydrogen-bond donors (Lipinski definition) is 1. The van der Waals surface area contributed by atoms with Crippen LogP contribution in [0.3, 0.4) is 0 Å². The normalized spacial score (nSPS) is 21.2. The minimum atomic E-state index is -0.548. The second-order valence-corrected chi connectivity index (χ2v) is 5.70. The molecule has 2 aliphatic rings. The van der Waals surface area contributed by atoms with Gasteiger partial charge in [-0.15, -0.1) is 0 Å². The molecule has 0 spiro atoms. The second kappa shape index (κ2) is 6.05. The van der Waals surface area contributed by atoms with E-state index in [1.807, 2.05) is 0 Å². The zero-order valence-electron chi connectivity index (χ0n) is 11.8. The summed E-state index contributed by atoms with van der Waals surface area (Å²) < 4.78 is 13.4. The maximum atomic E-state index is 13.4. The summed E-state index contributed by atoms with van der Waals surface area (Å²) >= 11 is 0. The van der Waals surface area contributed by atoms with E-state index in [0.29, 0.717) is 18.2 Å². The summed E-state index contributed by atoms with van der Waals surface area (Å²) in [4.78, 5) is 14.9. The smallest absolute Gasteiger partial charge is 0.272 e. The minimum absolute atomic E-state index is 0.177. The van der Waals surface area contributed by atoms with Crippen molar-refractivity contribution in [3.63, 3.8) is 0 Å². The molecule has 114 valence electrons. The molecule has 3 rings (SSSR count). The third kappa shape index (κ3) is 3.37. The van der Waals surface area contributed by atoms with Crippen LogP contribution < -0.4 is 5.32 Å². The first kappa shape index (κ1) is 14.4. The first-order valence-electron chi connectivity index (χ1n) is 7.23. The molecule has 7 heteroatoms. The molecule has 2 aliphatic heterocycles. The van der Waals surface area contributed by atoms with Crippen LogP contribution in [-0.2, 0) is 6.54 Å². The summed E-state index contributed by atoms with van der Waals surface area (Å²) in [6, 6.07) is 4.47. The van der Waals surface area contributed by atoms with Gasteiger partial charge in [0.25, 0.3) is 5.69 Å². The van der Waals surface area contributed by atoms with Crippen LogP contribution in [0.15, 0.2) is 18.2 Å². The SMILES string of the molecule is O=[N+]([O-])c1cc(F)cc(CN2CCN(C3CNC3)CC2)c1. The lowest BCUT2D eigenvalue weighted by atomic mass is 10.1. The Morgan fingerprint density at radius 1 is 1.24 bits per heavy atom. The van der Waals surface area contributed by atoms with Crippen molar-refractivity contribution in [3.8, 4) is 0 Å². The molecular weight excluding hydrogens is 275 g/mol. The number of nitrogens with one attached hydrogen (secondary N) is 1. The lowest BCUT2D eigenvalue weighted by Gasteiger charge is -2.43. The van der Waals surface area contributed by atoms with E-state index in [0.717, 1.165) is 45.3 Å². The number of benzene rings is 1. The van der Waals surface area contributed by atoms with Crippen molar-refractivity contribution in [2.45, 2.75) is 12.6 Å². The first-order chi connectivity index (χ1) is 10.1. The molecule has 0 aliphatic carbocycles. The van der Waals surface area contributed by atoms with Crippen LogP contribution in [0.25, 0.3) is 0 Å². The summed E-state index contributed by atoms with van der Waals surface area (Å²) in [5.41, 5.74) is 0.490. The Hall–Kier alpha value is -1.57. The van der Waals surface area contributed by atoms with Crippen LogP contribution in [0.1, 0.15) is 5.56 Å². The Morgan fingerprint density at radius 3 is 2.52 bits per heavy atom. The maximum absolute atomic E-state index is 13.4. The molecule has 2 fully saturated rings. The number of non-ortho nitro benzene ring substituents is 1. The van der Waals surface area contributed by atoms with Gasteiger partial charge in [0, 0.05) is 57.9 Å². The molecule has 1 aromatic rings. The third-order valence-electron chi connectivity index (χ3n) is 4.24. The number of hydrogen-bond acceptors (Lipinski definition) is 5. The molecule has 0 saturated carbocycles. The fraction of sp³-hybridized carbons (Fsp3) is 0.571. The zero-order chi connectivity index (χ0) is 14.8. The summed E-state index contributed by atoms with van der Waals surface area (Å²) in [5, 5.41) is 14.0. The second-order valence-electron chi connectivity index (χ2n) is 5.70. The molecule has 0 unspecified atom stereocenters. The van der Waals surface area contributed by atoms with E-state index in [4.69, 9.17) is 0 Å². The van der Waals surface area contributed by atoms with E-state index >= 15 is 0 Å². The van der Waals surface area contributed by atoms with Crippen LogP contribution in [0.5, 0.6) is 0 Å². The van der Waals surface area contributed by atoms with E-state index in [1.165, 1.54) is 12.1 Å². The van der Waals surface area contributed by atoms with Gasteiger partial charge in [-0.2, -0.15) is 0 Å². The van der Waals surface area contributed by atoms with Crippen molar-refractivity contribution in [1.82, 2.24) is 15.1 Å². The van der Waals surface area contributed by atoms with Gasteiger partial charge < -0.3 is 5.32 Å². The van der Waals surface area contributed by atoms with Crippen molar-refractivity contribution in [2.24, 2.45) is 0 Å².